The van der Waals surface area contributed by atoms with Crippen LogP contribution in [0.2, 0.25) is 0 Å². The van der Waals surface area contributed by atoms with Crippen LogP contribution in [0.5, 0.6) is 0 Å². The number of nitrogens with two attached hydrogens (primary N) is 1. The van der Waals surface area contributed by atoms with E-state index in [9.17, 15) is 0 Å². The molecule has 1 heterocycles. The van der Waals surface area contributed by atoms with Gasteiger partial charge in [-0.2, -0.15) is 0 Å². The van der Waals surface area contributed by atoms with E-state index >= 15 is 0 Å². The lowest BCUT2D eigenvalue weighted by atomic mass is 9.91. The minimum Gasteiger partial charge on any atom is -0.374 e. The molecule has 14 heavy (non-hydrogen) atoms. The number of para-hydroxylation sites is 1. The lowest BCUT2D eigenvalue weighted by Crippen LogP contribution is -2.36. The van der Waals surface area contributed by atoms with Crippen molar-refractivity contribution in [2.75, 3.05) is 25.0 Å². The highest BCUT2D eigenvalue weighted by Gasteiger charge is 2.21. The van der Waals surface area contributed by atoms with Gasteiger partial charge >= 0.3 is 0 Å². The molecule has 0 bridgehead atoms. The average molecular weight is 190 g/mol. The van der Waals surface area contributed by atoms with Crippen molar-refractivity contribution in [1.29, 1.82) is 0 Å². The van der Waals surface area contributed by atoms with Crippen LogP contribution in [0.25, 0.3) is 0 Å². The van der Waals surface area contributed by atoms with Crippen LogP contribution >= 0.6 is 0 Å². The van der Waals surface area contributed by atoms with Crippen LogP contribution < -0.4 is 10.6 Å². The highest BCUT2D eigenvalue weighted by molar-refractivity contribution is 5.60. The zero-order valence-electron chi connectivity index (χ0n) is 8.96. The van der Waals surface area contributed by atoms with E-state index in [0.29, 0.717) is 5.92 Å². The molecule has 2 nitrogen and oxygen atoms in total. The second-order valence-corrected chi connectivity index (χ2v) is 4.27. The molecule has 1 aliphatic rings. The predicted molar refractivity (Wildman–Crippen MR) is 60.7 cm³/mol. The molecular formula is C12H18N2. The van der Waals surface area contributed by atoms with Crippen LogP contribution in [0.3, 0.4) is 0 Å². The van der Waals surface area contributed by atoms with Crippen molar-refractivity contribution >= 4 is 5.69 Å². The van der Waals surface area contributed by atoms with Gasteiger partial charge in [0, 0.05) is 19.3 Å². The van der Waals surface area contributed by atoms with Gasteiger partial charge in [-0.05, 0) is 36.9 Å². The van der Waals surface area contributed by atoms with E-state index in [1.54, 1.807) is 0 Å². The molecule has 0 radical (unpaired) electrons. The molecule has 76 valence electrons. The fraction of sp³-hybridized carbons (Fsp3) is 0.500. The molecule has 1 atom stereocenters. The molecule has 2 rings (SSSR count). The number of benzene rings is 1. The second-order valence-electron chi connectivity index (χ2n) is 4.27. The van der Waals surface area contributed by atoms with Crippen LogP contribution in [-0.2, 0) is 6.42 Å². The fourth-order valence-electron chi connectivity index (χ4n) is 2.44. The van der Waals surface area contributed by atoms with E-state index in [1.165, 1.54) is 16.8 Å². The maximum Gasteiger partial charge on any atom is 0.0426 e. The van der Waals surface area contributed by atoms with Crippen LogP contribution in [0.1, 0.15) is 11.1 Å². The Bertz CT molecular complexity index is 333. The summed E-state index contributed by atoms with van der Waals surface area (Å²) in [6.45, 7) is 4.06. The molecule has 0 saturated heterocycles. The first-order valence-electron chi connectivity index (χ1n) is 5.22. The largest absolute Gasteiger partial charge is 0.374 e. The Balaban J connectivity index is 2.39. The van der Waals surface area contributed by atoms with Crippen molar-refractivity contribution in [3.05, 3.63) is 29.3 Å². The molecule has 0 fully saturated rings. The third-order valence-electron chi connectivity index (χ3n) is 3.08. The molecule has 0 amide bonds. The van der Waals surface area contributed by atoms with Gasteiger partial charge in [-0.15, -0.1) is 0 Å². The van der Waals surface area contributed by atoms with Gasteiger partial charge in [0.2, 0.25) is 0 Å². The summed E-state index contributed by atoms with van der Waals surface area (Å²) in [7, 11) is 2.16. The van der Waals surface area contributed by atoms with Gasteiger partial charge in [0.05, 0.1) is 0 Å². The van der Waals surface area contributed by atoms with Gasteiger partial charge in [-0.3, -0.25) is 0 Å². The molecule has 2 heteroatoms. The van der Waals surface area contributed by atoms with E-state index in [4.69, 9.17) is 5.73 Å². The molecular weight excluding hydrogens is 172 g/mol. The van der Waals surface area contributed by atoms with Crippen molar-refractivity contribution in [2.24, 2.45) is 11.7 Å². The predicted octanol–water partition coefficient (Wildman–Crippen LogP) is 1.56. The van der Waals surface area contributed by atoms with Gasteiger partial charge in [0.15, 0.2) is 0 Å². The van der Waals surface area contributed by atoms with Gasteiger partial charge in [0.1, 0.15) is 0 Å². The van der Waals surface area contributed by atoms with E-state index < -0.39 is 0 Å². The summed E-state index contributed by atoms with van der Waals surface area (Å²) in [6, 6.07) is 6.54. The Morgan fingerprint density at radius 1 is 1.50 bits per heavy atom. The lowest BCUT2D eigenvalue weighted by molar-refractivity contribution is 0.514. The maximum absolute atomic E-state index is 5.73. The number of anilines is 1. The minimum atomic E-state index is 0.620. The van der Waals surface area contributed by atoms with Gasteiger partial charge < -0.3 is 10.6 Å². The molecule has 0 unspecified atom stereocenters. The van der Waals surface area contributed by atoms with E-state index in [1.807, 2.05) is 0 Å². The summed E-state index contributed by atoms with van der Waals surface area (Å²) in [5.41, 5.74) is 9.98. The molecule has 1 aliphatic heterocycles. The Morgan fingerprint density at radius 2 is 2.29 bits per heavy atom. The quantitative estimate of drug-likeness (QED) is 0.728. The number of hydrogen-bond acceptors (Lipinski definition) is 2. The van der Waals surface area contributed by atoms with E-state index in [2.05, 4.69) is 37.1 Å². The second kappa shape index (κ2) is 3.62. The van der Waals surface area contributed by atoms with Crippen molar-refractivity contribution in [3.8, 4) is 0 Å². The highest BCUT2D eigenvalue weighted by atomic mass is 15.1. The van der Waals surface area contributed by atoms with E-state index in [0.717, 1.165) is 19.5 Å². The highest BCUT2D eigenvalue weighted by Crippen LogP contribution is 2.31. The number of nitrogens with zero attached hydrogens (tertiary/aromatic N) is 1. The zero-order chi connectivity index (χ0) is 10.1. The summed E-state index contributed by atoms with van der Waals surface area (Å²) in [6.07, 6.45) is 1.14. The van der Waals surface area contributed by atoms with Crippen LogP contribution in [0.4, 0.5) is 5.69 Å². The zero-order valence-corrected chi connectivity index (χ0v) is 8.96. The smallest absolute Gasteiger partial charge is 0.0426 e. The van der Waals surface area contributed by atoms with Crippen LogP contribution in [-0.4, -0.2) is 20.1 Å². The van der Waals surface area contributed by atoms with Gasteiger partial charge in [0.25, 0.3) is 0 Å². The third-order valence-corrected chi connectivity index (χ3v) is 3.08. The van der Waals surface area contributed by atoms with Crippen molar-refractivity contribution in [3.63, 3.8) is 0 Å². The molecule has 0 aliphatic carbocycles. The monoisotopic (exact) mass is 190 g/mol. The molecule has 0 saturated carbocycles. The first-order valence-corrected chi connectivity index (χ1v) is 5.22. The topological polar surface area (TPSA) is 29.3 Å². The van der Waals surface area contributed by atoms with E-state index in [-0.39, 0.29) is 0 Å². The summed E-state index contributed by atoms with van der Waals surface area (Å²) in [4.78, 5) is 2.34. The van der Waals surface area contributed by atoms with Crippen LogP contribution in [0, 0.1) is 12.8 Å². The number of hydrogen-bond donors (Lipinski definition) is 1. The van der Waals surface area contributed by atoms with Crippen LogP contribution in [0.15, 0.2) is 18.2 Å². The summed E-state index contributed by atoms with van der Waals surface area (Å²) in [5.74, 6) is 0.620. The molecule has 0 spiro atoms. The third kappa shape index (κ3) is 1.50. The first kappa shape index (κ1) is 9.53. The number of rotatable bonds is 1. The van der Waals surface area contributed by atoms with Gasteiger partial charge in [-0.1, -0.05) is 18.2 Å². The first-order chi connectivity index (χ1) is 6.72. The maximum atomic E-state index is 5.73. The normalized spacial score (nSPS) is 20.8. The van der Waals surface area contributed by atoms with Gasteiger partial charge in [-0.25, -0.2) is 0 Å². The summed E-state index contributed by atoms with van der Waals surface area (Å²) in [5, 5.41) is 0. The molecule has 2 N–H and O–H groups in total. The van der Waals surface area contributed by atoms with Crippen molar-refractivity contribution in [2.45, 2.75) is 13.3 Å². The molecule has 0 aromatic heterocycles. The van der Waals surface area contributed by atoms with Crippen molar-refractivity contribution < 1.29 is 0 Å². The van der Waals surface area contributed by atoms with Crippen molar-refractivity contribution in [1.82, 2.24) is 0 Å². The average Bonchev–Trinajstić information content (AvgIpc) is 2.17. The Labute approximate surface area is 85.7 Å². The number of fused-ring (bicyclic) bond motifs is 1. The summed E-state index contributed by atoms with van der Waals surface area (Å²) < 4.78 is 0. The minimum absolute atomic E-state index is 0.620. The SMILES string of the molecule is Cc1cccc2c1N(C)C[C@@H](CN)C2. The Hall–Kier alpha value is -1.02. The standard InChI is InChI=1S/C12H18N2/c1-9-4-3-5-11-6-10(7-13)8-14(2)12(9)11/h3-5,10H,6-8,13H2,1-2H3/t10-/m1/s1. The lowest BCUT2D eigenvalue weighted by Gasteiger charge is -2.34. The Kier molecular flexibility index (Phi) is 2.46. The molecule has 1 aromatic rings. The molecule has 1 aromatic carbocycles. The summed E-state index contributed by atoms with van der Waals surface area (Å²) >= 11 is 0. The Morgan fingerprint density at radius 3 is 3.00 bits per heavy atom. The number of aryl methyl sites for hydroxylation is 1. The fourth-order valence-corrected chi connectivity index (χ4v) is 2.44.